The highest BCUT2D eigenvalue weighted by Crippen LogP contribution is 2.33. The average Bonchev–Trinajstić information content (AvgIpc) is 2.48. The predicted molar refractivity (Wildman–Crippen MR) is 82.9 cm³/mol. The van der Waals surface area contributed by atoms with Gasteiger partial charge in [-0.2, -0.15) is 0 Å². The van der Waals surface area contributed by atoms with Crippen molar-refractivity contribution in [3.63, 3.8) is 0 Å². The lowest BCUT2D eigenvalue weighted by Gasteiger charge is -2.07. The number of hydrogen-bond donors (Lipinski definition) is 0. The van der Waals surface area contributed by atoms with Crippen LogP contribution < -0.4 is 4.74 Å². The van der Waals surface area contributed by atoms with Crippen molar-refractivity contribution in [2.24, 2.45) is 0 Å². The molecule has 110 valence electrons. The molecule has 0 heterocycles. The second-order valence-electron chi connectivity index (χ2n) is 4.36. The highest BCUT2D eigenvalue weighted by atomic mass is 79.9. The minimum Gasteiger partial charge on any atom is -0.450 e. The highest BCUT2D eigenvalue weighted by molar-refractivity contribution is 9.10. The van der Waals surface area contributed by atoms with Gasteiger partial charge in [0.1, 0.15) is 5.75 Å². The molecule has 5 nitrogen and oxygen atoms in total. The Kier molecular flexibility index (Phi) is 5.30. The summed E-state index contributed by atoms with van der Waals surface area (Å²) in [5.41, 5.74) is 1.04. The van der Waals surface area contributed by atoms with Crippen molar-refractivity contribution in [2.75, 3.05) is 13.7 Å². The van der Waals surface area contributed by atoms with Crippen molar-refractivity contribution in [3.8, 4) is 11.5 Å². The Balaban J connectivity index is 2.16. The van der Waals surface area contributed by atoms with Crippen molar-refractivity contribution in [1.82, 2.24) is 0 Å². The zero-order valence-electron chi connectivity index (χ0n) is 11.4. The molecule has 21 heavy (non-hydrogen) atoms. The molecular weight excluding hydrogens is 338 g/mol. The fourth-order valence-corrected chi connectivity index (χ4v) is 2.14. The molecule has 0 aliphatic rings. The number of hydrogen-bond acceptors (Lipinski definition) is 4. The largest absolute Gasteiger partial charge is 0.450 e. The summed E-state index contributed by atoms with van der Waals surface area (Å²) < 4.78 is 11.2. The Labute approximate surface area is 130 Å². The van der Waals surface area contributed by atoms with Crippen LogP contribution in [0, 0.1) is 10.1 Å². The van der Waals surface area contributed by atoms with E-state index in [1.807, 2.05) is 12.1 Å². The molecule has 0 spiro atoms. The Bertz CT molecular complexity index is 628. The van der Waals surface area contributed by atoms with E-state index in [-0.39, 0.29) is 11.4 Å². The first-order valence-electron chi connectivity index (χ1n) is 6.30. The molecule has 0 fully saturated rings. The number of ether oxygens (including phenoxy) is 2. The Morgan fingerprint density at radius 2 is 1.90 bits per heavy atom. The number of nitro groups is 1. The van der Waals surface area contributed by atoms with E-state index in [1.165, 1.54) is 6.07 Å². The van der Waals surface area contributed by atoms with Gasteiger partial charge in [-0.1, -0.05) is 28.1 Å². The maximum Gasteiger partial charge on any atom is 0.312 e. The molecule has 2 rings (SSSR count). The topological polar surface area (TPSA) is 61.6 Å². The second kappa shape index (κ2) is 7.19. The molecule has 0 aromatic heterocycles. The summed E-state index contributed by atoms with van der Waals surface area (Å²) in [6, 6.07) is 12.1. The lowest BCUT2D eigenvalue weighted by molar-refractivity contribution is -0.385. The lowest BCUT2D eigenvalue weighted by atomic mass is 10.1. The van der Waals surface area contributed by atoms with Crippen molar-refractivity contribution in [2.45, 2.75) is 6.42 Å². The van der Waals surface area contributed by atoms with Crippen LogP contribution in [0.2, 0.25) is 0 Å². The Morgan fingerprint density at radius 1 is 1.19 bits per heavy atom. The van der Waals surface area contributed by atoms with Gasteiger partial charge in [0.15, 0.2) is 0 Å². The maximum absolute atomic E-state index is 11.0. The van der Waals surface area contributed by atoms with Crippen LogP contribution in [0.5, 0.6) is 11.5 Å². The molecule has 2 aromatic rings. The second-order valence-corrected chi connectivity index (χ2v) is 5.27. The van der Waals surface area contributed by atoms with Crippen LogP contribution in [0.15, 0.2) is 46.9 Å². The predicted octanol–water partition coefficient (Wildman–Crippen LogP) is 4.34. The van der Waals surface area contributed by atoms with Gasteiger partial charge in [0.25, 0.3) is 0 Å². The van der Waals surface area contributed by atoms with Crippen LogP contribution >= 0.6 is 15.9 Å². The molecule has 0 atom stereocenters. The van der Waals surface area contributed by atoms with Gasteiger partial charge in [0.05, 0.1) is 11.5 Å². The smallest absolute Gasteiger partial charge is 0.312 e. The quantitative estimate of drug-likeness (QED) is 0.573. The highest BCUT2D eigenvalue weighted by Gasteiger charge is 2.16. The zero-order chi connectivity index (χ0) is 15.2. The van der Waals surface area contributed by atoms with Gasteiger partial charge in [0.2, 0.25) is 5.75 Å². The van der Waals surface area contributed by atoms with E-state index in [4.69, 9.17) is 9.47 Å². The van der Waals surface area contributed by atoms with E-state index in [0.717, 1.165) is 12.0 Å². The molecule has 0 radical (unpaired) electrons. The van der Waals surface area contributed by atoms with Crippen molar-refractivity contribution < 1.29 is 14.4 Å². The van der Waals surface area contributed by atoms with Crippen LogP contribution in [0.1, 0.15) is 5.56 Å². The summed E-state index contributed by atoms with van der Waals surface area (Å²) in [7, 11) is 1.66. The number of rotatable bonds is 6. The van der Waals surface area contributed by atoms with Gasteiger partial charge in [-0.3, -0.25) is 10.1 Å². The van der Waals surface area contributed by atoms with Crippen LogP contribution in [0.3, 0.4) is 0 Å². The first-order chi connectivity index (χ1) is 10.1. The lowest BCUT2D eigenvalue weighted by Crippen LogP contribution is -1.95. The molecule has 0 aliphatic heterocycles. The van der Waals surface area contributed by atoms with Gasteiger partial charge in [-0.05, 0) is 36.2 Å². The number of halogens is 1. The van der Waals surface area contributed by atoms with Crippen LogP contribution in [0.4, 0.5) is 5.69 Å². The fourth-order valence-electron chi connectivity index (χ4n) is 1.79. The maximum atomic E-state index is 11.0. The van der Waals surface area contributed by atoms with Gasteiger partial charge in [-0.15, -0.1) is 0 Å². The average molecular weight is 352 g/mol. The third-order valence-electron chi connectivity index (χ3n) is 2.86. The third-order valence-corrected chi connectivity index (χ3v) is 3.36. The van der Waals surface area contributed by atoms with Crippen molar-refractivity contribution in [1.29, 1.82) is 0 Å². The molecule has 6 heteroatoms. The van der Waals surface area contributed by atoms with Gasteiger partial charge < -0.3 is 9.47 Å². The normalized spacial score (nSPS) is 10.4. The van der Waals surface area contributed by atoms with Crippen LogP contribution in [-0.2, 0) is 11.2 Å². The molecule has 0 N–H and O–H groups in total. The summed E-state index contributed by atoms with van der Waals surface area (Å²) >= 11 is 3.21. The Hall–Kier alpha value is -1.92. The van der Waals surface area contributed by atoms with E-state index >= 15 is 0 Å². The number of nitrogens with zero attached hydrogens (tertiary/aromatic N) is 1. The molecule has 0 amide bonds. The van der Waals surface area contributed by atoms with Crippen molar-refractivity contribution in [3.05, 3.63) is 62.6 Å². The van der Waals surface area contributed by atoms with E-state index < -0.39 is 4.92 Å². The third kappa shape index (κ3) is 4.27. The Morgan fingerprint density at radius 3 is 2.52 bits per heavy atom. The minimum absolute atomic E-state index is 0.0761. The number of nitro benzene ring substituents is 1. The molecule has 0 saturated carbocycles. The molecule has 0 aliphatic carbocycles. The molecule has 0 unspecified atom stereocenters. The first-order valence-corrected chi connectivity index (χ1v) is 7.09. The summed E-state index contributed by atoms with van der Waals surface area (Å²) in [6.07, 6.45) is 0.815. The van der Waals surface area contributed by atoms with Crippen LogP contribution in [0.25, 0.3) is 0 Å². The van der Waals surface area contributed by atoms with E-state index in [1.54, 1.807) is 31.4 Å². The van der Waals surface area contributed by atoms with Gasteiger partial charge >= 0.3 is 5.69 Å². The molecule has 0 saturated heterocycles. The molecule has 0 bridgehead atoms. The standard InChI is InChI=1S/C15H14BrNO4/c1-20-9-8-11-2-5-13(6-3-11)21-15-7-4-12(16)10-14(15)17(18)19/h2-7,10H,8-9H2,1H3. The summed E-state index contributed by atoms with van der Waals surface area (Å²) in [5.74, 6) is 0.773. The van der Waals surface area contributed by atoms with Gasteiger partial charge in [0, 0.05) is 17.6 Å². The van der Waals surface area contributed by atoms with Gasteiger partial charge in [-0.25, -0.2) is 0 Å². The molecular formula is C15H14BrNO4. The van der Waals surface area contributed by atoms with E-state index in [9.17, 15) is 10.1 Å². The van der Waals surface area contributed by atoms with Crippen molar-refractivity contribution >= 4 is 21.6 Å². The number of methoxy groups -OCH3 is 1. The van der Waals surface area contributed by atoms with E-state index in [0.29, 0.717) is 16.8 Å². The summed E-state index contributed by atoms with van der Waals surface area (Å²) in [4.78, 5) is 10.6. The fraction of sp³-hybridized carbons (Fsp3) is 0.200. The summed E-state index contributed by atoms with van der Waals surface area (Å²) in [5, 5.41) is 11.0. The SMILES string of the molecule is COCCc1ccc(Oc2ccc(Br)cc2[N+](=O)[O-])cc1. The van der Waals surface area contributed by atoms with Crippen LogP contribution in [-0.4, -0.2) is 18.6 Å². The zero-order valence-corrected chi connectivity index (χ0v) is 13.0. The minimum atomic E-state index is -0.465. The first kappa shape index (κ1) is 15.5. The van der Waals surface area contributed by atoms with E-state index in [2.05, 4.69) is 15.9 Å². The summed E-state index contributed by atoms with van der Waals surface area (Å²) in [6.45, 7) is 0.651. The molecule has 2 aromatic carbocycles. The monoisotopic (exact) mass is 351 g/mol. The number of benzene rings is 2.